The van der Waals surface area contributed by atoms with Gasteiger partial charge in [0, 0.05) is 33.0 Å². The summed E-state index contributed by atoms with van der Waals surface area (Å²) in [6, 6.07) is 27.5. The van der Waals surface area contributed by atoms with Crippen molar-refractivity contribution in [2.24, 2.45) is 0 Å². The summed E-state index contributed by atoms with van der Waals surface area (Å²) in [6.07, 6.45) is 3.48. The van der Waals surface area contributed by atoms with E-state index in [9.17, 15) is 19.2 Å². The highest BCUT2D eigenvalue weighted by Crippen LogP contribution is 2.47. The Balaban J connectivity index is 1.25. The van der Waals surface area contributed by atoms with E-state index in [2.05, 4.69) is 59.7 Å². The molecule has 0 radical (unpaired) electrons. The minimum Gasteiger partial charge on any atom is -0.268 e. The van der Waals surface area contributed by atoms with Crippen molar-refractivity contribution in [3.8, 4) is 0 Å². The van der Waals surface area contributed by atoms with Crippen molar-refractivity contribution in [1.82, 2.24) is 0 Å². The molecule has 54 heavy (non-hydrogen) atoms. The van der Waals surface area contributed by atoms with Crippen LogP contribution in [-0.2, 0) is 12.8 Å². The molecule has 9 rings (SSSR count). The second kappa shape index (κ2) is 12.3. The lowest BCUT2D eigenvalue weighted by molar-refractivity contribution is 0.0877. The Morgan fingerprint density at radius 2 is 0.926 bits per heavy atom. The molecule has 2 aliphatic heterocycles. The zero-order valence-electron chi connectivity index (χ0n) is 31.6. The molecule has 0 bridgehead atoms. The minimum absolute atomic E-state index is 0.104. The van der Waals surface area contributed by atoms with E-state index in [0.717, 1.165) is 80.3 Å². The third kappa shape index (κ3) is 4.65. The number of carbonyl (C=O) groups excluding carboxylic acids is 4. The summed E-state index contributed by atoms with van der Waals surface area (Å²) in [6.45, 7) is 12.6. The van der Waals surface area contributed by atoms with Gasteiger partial charge in [-0.3, -0.25) is 19.2 Å². The number of carbonyl (C=O) groups is 4. The molecule has 4 amide bonds. The smallest absolute Gasteiger partial charge is 0.265 e. The minimum atomic E-state index is -0.336. The van der Waals surface area contributed by atoms with E-state index >= 15 is 0 Å². The predicted octanol–water partition coefficient (Wildman–Crippen LogP) is 11.5. The summed E-state index contributed by atoms with van der Waals surface area (Å²) in [4.78, 5) is 60.9. The number of rotatable bonds is 8. The molecular formula is C48H42N2O4. The Kier molecular flexibility index (Phi) is 7.75. The Morgan fingerprint density at radius 1 is 0.463 bits per heavy atom. The first kappa shape index (κ1) is 33.9. The second-order valence-corrected chi connectivity index (χ2v) is 15.6. The van der Waals surface area contributed by atoms with Gasteiger partial charge in [-0.05, 0) is 116 Å². The van der Waals surface area contributed by atoms with E-state index in [-0.39, 0.29) is 35.5 Å². The van der Waals surface area contributed by atoms with Gasteiger partial charge in [-0.15, -0.1) is 0 Å². The topological polar surface area (TPSA) is 74.8 Å². The first-order valence-corrected chi connectivity index (χ1v) is 19.3. The monoisotopic (exact) mass is 710 g/mol. The molecule has 0 aromatic heterocycles. The third-order valence-electron chi connectivity index (χ3n) is 11.7. The fourth-order valence-electron chi connectivity index (χ4n) is 9.05. The maximum atomic E-state index is 14.5. The van der Waals surface area contributed by atoms with Gasteiger partial charge in [0.25, 0.3) is 23.6 Å². The lowest BCUT2D eigenvalue weighted by Crippen LogP contribution is -2.41. The van der Waals surface area contributed by atoms with Crippen molar-refractivity contribution in [3.05, 3.63) is 129 Å². The molecule has 0 fully saturated rings. The molecule has 7 aromatic rings. The van der Waals surface area contributed by atoms with Gasteiger partial charge in [-0.2, -0.15) is 0 Å². The van der Waals surface area contributed by atoms with Gasteiger partial charge < -0.3 is 0 Å². The number of fused-ring (bicyclic) bond motifs is 2. The van der Waals surface area contributed by atoms with E-state index in [1.807, 2.05) is 66.7 Å². The summed E-state index contributed by atoms with van der Waals surface area (Å²) in [5, 5.41) is 6.49. The fraction of sp³-hybridized carbons (Fsp3) is 0.250. The number of hydrogen-bond acceptors (Lipinski definition) is 4. The van der Waals surface area contributed by atoms with Crippen molar-refractivity contribution in [3.63, 3.8) is 0 Å². The van der Waals surface area contributed by atoms with Gasteiger partial charge in [0.05, 0.1) is 11.4 Å². The average Bonchev–Trinajstić information content (AvgIpc) is 3.16. The van der Waals surface area contributed by atoms with Crippen LogP contribution in [0.4, 0.5) is 11.4 Å². The molecular weight excluding hydrogens is 669 g/mol. The Labute approximate surface area is 314 Å². The summed E-state index contributed by atoms with van der Waals surface area (Å²) in [5.74, 6) is -0.984. The maximum absolute atomic E-state index is 14.5. The Hall–Kier alpha value is -5.88. The van der Waals surface area contributed by atoms with Crippen molar-refractivity contribution in [2.45, 2.75) is 79.1 Å². The Bertz CT molecular complexity index is 2670. The maximum Gasteiger partial charge on any atom is 0.265 e. The summed E-state index contributed by atoms with van der Waals surface area (Å²) >= 11 is 0. The predicted molar refractivity (Wildman–Crippen MR) is 219 cm³/mol. The van der Waals surface area contributed by atoms with E-state index in [0.29, 0.717) is 44.4 Å². The van der Waals surface area contributed by atoms with Crippen LogP contribution >= 0.6 is 0 Å². The van der Waals surface area contributed by atoms with E-state index in [4.69, 9.17) is 0 Å². The van der Waals surface area contributed by atoms with Crippen LogP contribution in [0.3, 0.4) is 0 Å². The highest BCUT2D eigenvalue weighted by molar-refractivity contribution is 6.45. The normalized spacial score (nSPS) is 14.4. The van der Waals surface area contributed by atoms with Gasteiger partial charge in [0.15, 0.2) is 0 Å². The number of aryl methyl sites for hydroxylation is 2. The van der Waals surface area contributed by atoms with E-state index in [1.54, 1.807) is 0 Å². The number of amides is 4. The molecule has 0 aliphatic carbocycles. The number of hydrogen-bond donors (Lipinski definition) is 0. The molecule has 6 heteroatoms. The highest BCUT2D eigenvalue weighted by atomic mass is 16.2. The van der Waals surface area contributed by atoms with Crippen molar-refractivity contribution >= 4 is 78.1 Å². The van der Waals surface area contributed by atoms with Gasteiger partial charge in [0.1, 0.15) is 0 Å². The van der Waals surface area contributed by atoms with Crippen LogP contribution in [0, 0.1) is 0 Å². The Morgan fingerprint density at radius 3 is 1.35 bits per heavy atom. The summed E-state index contributed by atoms with van der Waals surface area (Å²) in [5.41, 5.74) is 7.36. The van der Waals surface area contributed by atoms with Crippen molar-refractivity contribution in [2.75, 3.05) is 9.80 Å². The van der Waals surface area contributed by atoms with Crippen LogP contribution in [0.2, 0.25) is 0 Å². The van der Waals surface area contributed by atoms with Crippen molar-refractivity contribution in [1.29, 1.82) is 0 Å². The van der Waals surface area contributed by atoms with Gasteiger partial charge in [0.2, 0.25) is 0 Å². The first-order chi connectivity index (χ1) is 26.0. The van der Waals surface area contributed by atoms with Crippen molar-refractivity contribution < 1.29 is 19.2 Å². The zero-order valence-corrected chi connectivity index (χ0v) is 31.6. The van der Waals surface area contributed by atoms with Gasteiger partial charge in [-0.1, -0.05) is 103 Å². The molecule has 2 aliphatic rings. The lowest BCUT2D eigenvalue weighted by Gasteiger charge is -2.32. The lowest BCUT2D eigenvalue weighted by atomic mass is 9.82. The second-order valence-electron chi connectivity index (χ2n) is 15.6. The number of imide groups is 2. The molecule has 0 saturated carbocycles. The first-order valence-electron chi connectivity index (χ1n) is 19.3. The molecule has 0 unspecified atom stereocenters. The largest absolute Gasteiger partial charge is 0.268 e. The standard InChI is InChI=1S/C48H42N2O4/c1-7-9-27-11-12-28(10-8-2)39(23-27)49-45(51)35-19-15-31-33-17-21-37-44-38(22-18-34(42(33)44)32-16-20-36(46(49)52)43(35)41(31)32)48(54)50(47(37)53)40-24-29(25(3)4)13-14-30(40)26(5)6/h11-26H,7-10H2,1-6H3. The van der Waals surface area contributed by atoms with Crippen LogP contribution in [0.5, 0.6) is 0 Å². The van der Waals surface area contributed by atoms with Gasteiger partial charge in [-0.25, -0.2) is 9.80 Å². The van der Waals surface area contributed by atoms with Crippen LogP contribution in [0.25, 0.3) is 43.1 Å². The van der Waals surface area contributed by atoms with Crippen LogP contribution < -0.4 is 9.80 Å². The molecule has 6 nitrogen and oxygen atoms in total. The number of anilines is 2. The van der Waals surface area contributed by atoms with Crippen LogP contribution in [0.15, 0.2) is 84.9 Å². The zero-order chi connectivity index (χ0) is 37.7. The van der Waals surface area contributed by atoms with Crippen LogP contribution in [-0.4, -0.2) is 23.6 Å². The molecule has 0 spiro atoms. The number of benzene rings is 7. The molecule has 268 valence electrons. The average molecular weight is 711 g/mol. The number of nitrogens with zero attached hydrogens (tertiary/aromatic N) is 2. The SMILES string of the molecule is CCCc1ccc(CCC)c(N2C(=O)c3ccc4c5ccc6c7c(ccc(c8ccc(c3c48)C2=O)c75)C(=O)N(c2cc(C(C)C)ccc2C(C)C)C6=O)c1. The molecule has 0 saturated heterocycles. The quantitative estimate of drug-likeness (QED) is 0.0894. The molecule has 0 atom stereocenters. The highest BCUT2D eigenvalue weighted by Gasteiger charge is 2.39. The summed E-state index contributed by atoms with van der Waals surface area (Å²) in [7, 11) is 0. The molecule has 0 N–H and O–H groups in total. The van der Waals surface area contributed by atoms with E-state index < -0.39 is 0 Å². The molecule has 2 heterocycles. The van der Waals surface area contributed by atoms with E-state index in [1.165, 1.54) is 9.80 Å². The molecule has 7 aromatic carbocycles. The van der Waals surface area contributed by atoms with Gasteiger partial charge >= 0.3 is 0 Å². The summed E-state index contributed by atoms with van der Waals surface area (Å²) < 4.78 is 0. The fourth-order valence-corrected chi connectivity index (χ4v) is 9.05. The third-order valence-corrected chi connectivity index (χ3v) is 11.7. The van der Waals surface area contributed by atoms with Crippen LogP contribution in [0.1, 0.15) is 130 Å².